The fraction of sp³-hybridized carbons (Fsp3) is 0.800. The van der Waals surface area contributed by atoms with Gasteiger partial charge in [-0.1, -0.05) is 13.8 Å². The molecule has 0 aromatic rings. The number of ether oxygens (including phenoxy) is 1. The molecule has 0 amide bonds. The first-order valence-corrected chi connectivity index (χ1v) is 4.56. The van der Waals surface area contributed by atoms with E-state index >= 15 is 0 Å². The molecular formula is C10H18O3. The van der Waals surface area contributed by atoms with Crippen molar-refractivity contribution in [3.63, 3.8) is 0 Å². The van der Waals surface area contributed by atoms with Crippen molar-refractivity contribution >= 4 is 11.6 Å². The highest BCUT2D eigenvalue weighted by molar-refractivity contribution is 6.05. The van der Waals surface area contributed by atoms with Gasteiger partial charge in [-0.2, -0.15) is 0 Å². The second-order valence-corrected chi connectivity index (χ2v) is 3.73. The highest BCUT2D eigenvalue weighted by Crippen LogP contribution is 2.07. The molecule has 0 saturated carbocycles. The second-order valence-electron chi connectivity index (χ2n) is 3.73. The van der Waals surface area contributed by atoms with Crippen LogP contribution in [0.1, 0.15) is 34.6 Å². The van der Waals surface area contributed by atoms with Crippen LogP contribution in [0.3, 0.4) is 0 Å². The molecule has 1 atom stereocenters. The molecule has 13 heavy (non-hydrogen) atoms. The summed E-state index contributed by atoms with van der Waals surface area (Å²) in [7, 11) is 0. The molecule has 0 heterocycles. The van der Waals surface area contributed by atoms with Gasteiger partial charge in [-0.25, -0.2) is 0 Å². The van der Waals surface area contributed by atoms with Gasteiger partial charge in [-0.05, 0) is 20.8 Å². The Labute approximate surface area is 79.5 Å². The molecule has 0 fully saturated rings. The van der Waals surface area contributed by atoms with Crippen molar-refractivity contribution < 1.29 is 14.3 Å². The Hall–Kier alpha value is -0.700. The molecule has 0 aliphatic carbocycles. The molecule has 0 N–H and O–H groups in total. The van der Waals surface area contributed by atoms with Gasteiger partial charge in [0.25, 0.3) is 0 Å². The Morgan fingerprint density at radius 1 is 1.08 bits per heavy atom. The zero-order valence-corrected chi connectivity index (χ0v) is 8.96. The van der Waals surface area contributed by atoms with Gasteiger partial charge in [0, 0.05) is 5.92 Å². The molecule has 0 aliphatic heterocycles. The number of ketones is 2. The Kier molecular flexibility index (Phi) is 4.85. The molecule has 0 bridgehead atoms. The molecule has 0 saturated heterocycles. The molecular weight excluding hydrogens is 168 g/mol. The monoisotopic (exact) mass is 186 g/mol. The lowest BCUT2D eigenvalue weighted by molar-refractivity contribution is -0.146. The summed E-state index contributed by atoms with van der Waals surface area (Å²) in [6.07, 6.45) is -0.975. The van der Waals surface area contributed by atoms with E-state index in [1.807, 2.05) is 13.8 Å². The summed E-state index contributed by atoms with van der Waals surface area (Å²) in [6, 6.07) is 0. The van der Waals surface area contributed by atoms with E-state index in [-0.39, 0.29) is 23.6 Å². The van der Waals surface area contributed by atoms with Gasteiger partial charge in [0.15, 0.2) is 17.7 Å². The van der Waals surface area contributed by atoms with Crippen molar-refractivity contribution in [1.29, 1.82) is 0 Å². The largest absolute Gasteiger partial charge is 0.360 e. The lowest BCUT2D eigenvalue weighted by Crippen LogP contribution is -2.36. The van der Waals surface area contributed by atoms with E-state index in [9.17, 15) is 9.59 Å². The van der Waals surface area contributed by atoms with Crippen LogP contribution in [0.5, 0.6) is 0 Å². The molecule has 0 aromatic heterocycles. The second kappa shape index (κ2) is 5.12. The van der Waals surface area contributed by atoms with E-state index in [2.05, 4.69) is 0 Å². The zero-order valence-electron chi connectivity index (χ0n) is 8.96. The Morgan fingerprint density at radius 3 is 1.77 bits per heavy atom. The van der Waals surface area contributed by atoms with Gasteiger partial charge in [-0.3, -0.25) is 9.59 Å². The summed E-state index contributed by atoms with van der Waals surface area (Å²) >= 11 is 0. The molecule has 3 heteroatoms. The first-order valence-electron chi connectivity index (χ1n) is 4.56. The van der Waals surface area contributed by atoms with E-state index < -0.39 is 6.10 Å². The quantitative estimate of drug-likeness (QED) is 0.612. The molecule has 3 nitrogen and oxygen atoms in total. The van der Waals surface area contributed by atoms with Crippen LogP contribution >= 0.6 is 0 Å². The van der Waals surface area contributed by atoms with Crippen molar-refractivity contribution in [2.45, 2.75) is 46.8 Å². The van der Waals surface area contributed by atoms with Crippen LogP contribution in [0.4, 0.5) is 0 Å². The Morgan fingerprint density at radius 2 is 1.54 bits per heavy atom. The first kappa shape index (κ1) is 12.3. The van der Waals surface area contributed by atoms with Crippen LogP contribution in [0, 0.1) is 5.92 Å². The van der Waals surface area contributed by atoms with Gasteiger partial charge in [0.1, 0.15) is 0 Å². The third kappa shape index (κ3) is 4.18. The van der Waals surface area contributed by atoms with Gasteiger partial charge in [-0.15, -0.1) is 0 Å². The number of hydrogen-bond acceptors (Lipinski definition) is 3. The fourth-order valence-corrected chi connectivity index (χ4v) is 0.938. The fourth-order valence-electron chi connectivity index (χ4n) is 0.938. The third-order valence-electron chi connectivity index (χ3n) is 1.60. The van der Waals surface area contributed by atoms with Crippen molar-refractivity contribution in [2.24, 2.45) is 5.92 Å². The number of rotatable bonds is 5. The van der Waals surface area contributed by atoms with Gasteiger partial charge < -0.3 is 4.74 Å². The SMILES string of the molecule is CC(=O)C(OC(C)C)C(=O)C(C)C. The van der Waals surface area contributed by atoms with Gasteiger partial charge in [0.05, 0.1) is 6.10 Å². The average molecular weight is 186 g/mol. The number of Topliss-reactive ketones (excluding diaryl/α,β-unsaturated/α-hetero) is 2. The third-order valence-corrected chi connectivity index (χ3v) is 1.60. The van der Waals surface area contributed by atoms with Crippen LogP contribution in [-0.4, -0.2) is 23.8 Å². The summed E-state index contributed by atoms with van der Waals surface area (Å²) in [5.41, 5.74) is 0. The normalized spacial score (nSPS) is 13.5. The molecule has 0 radical (unpaired) electrons. The summed E-state index contributed by atoms with van der Waals surface area (Å²) < 4.78 is 5.24. The lowest BCUT2D eigenvalue weighted by atomic mass is 10.0. The molecule has 0 aliphatic rings. The van der Waals surface area contributed by atoms with Gasteiger partial charge in [0.2, 0.25) is 0 Å². The van der Waals surface area contributed by atoms with E-state index in [0.717, 1.165) is 0 Å². The topological polar surface area (TPSA) is 43.4 Å². The predicted octanol–water partition coefficient (Wildman–Crippen LogP) is 1.59. The predicted molar refractivity (Wildman–Crippen MR) is 50.5 cm³/mol. The number of carbonyl (C=O) groups excluding carboxylic acids is 2. The zero-order chi connectivity index (χ0) is 10.6. The van der Waals surface area contributed by atoms with Crippen LogP contribution in [0.15, 0.2) is 0 Å². The Balaban J connectivity index is 4.43. The van der Waals surface area contributed by atoms with E-state index in [1.165, 1.54) is 6.92 Å². The highest BCUT2D eigenvalue weighted by atomic mass is 16.5. The molecule has 0 rings (SSSR count). The first-order chi connectivity index (χ1) is 5.86. The summed E-state index contributed by atoms with van der Waals surface area (Å²) in [6.45, 7) is 8.53. The number of carbonyl (C=O) groups is 2. The minimum Gasteiger partial charge on any atom is -0.360 e. The van der Waals surface area contributed by atoms with Crippen LogP contribution < -0.4 is 0 Å². The molecule has 76 valence electrons. The van der Waals surface area contributed by atoms with Crippen molar-refractivity contribution in [3.05, 3.63) is 0 Å². The smallest absolute Gasteiger partial charge is 0.174 e. The maximum atomic E-state index is 11.5. The standard InChI is InChI=1S/C10H18O3/c1-6(2)9(12)10(8(5)11)13-7(3)4/h6-7,10H,1-5H3. The highest BCUT2D eigenvalue weighted by Gasteiger charge is 2.26. The van der Waals surface area contributed by atoms with Crippen molar-refractivity contribution in [3.8, 4) is 0 Å². The average Bonchev–Trinajstić information content (AvgIpc) is 1.97. The van der Waals surface area contributed by atoms with Crippen molar-refractivity contribution in [2.75, 3.05) is 0 Å². The molecule has 0 spiro atoms. The van der Waals surface area contributed by atoms with E-state index in [0.29, 0.717) is 0 Å². The maximum absolute atomic E-state index is 11.5. The lowest BCUT2D eigenvalue weighted by Gasteiger charge is -2.18. The summed E-state index contributed by atoms with van der Waals surface area (Å²) in [5, 5.41) is 0. The maximum Gasteiger partial charge on any atom is 0.174 e. The summed E-state index contributed by atoms with van der Waals surface area (Å²) in [4.78, 5) is 22.6. The number of hydrogen-bond donors (Lipinski definition) is 0. The van der Waals surface area contributed by atoms with Crippen LogP contribution in [0.25, 0.3) is 0 Å². The van der Waals surface area contributed by atoms with Crippen molar-refractivity contribution in [1.82, 2.24) is 0 Å². The minimum atomic E-state index is -0.875. The summed E-state index contributed by atoms with van der Waals surface area (Å²) in [5.74, 6) is -0.513. The minimum absolute atomic E-state index is 0.100. The van der Waals surface area contributed by atoms with Crippen LogP contribution in [-0.2, 0) is 14.3 Å². The molecule has 0 aromatic carbocycles. The molecule has 1 unspecified atom stereocenters. The van der Waals surface area contributed by atoms with E-state index in [4.69, 9.17) is 4.74 Å². The van der Waals surface area contributed by atoms with Crippen LogP contribution in [0.2, 0.25) is 0 Å². The Bertz CT molecular complexity index is 194. The van der Waals surface area contributed by atoms with Gasteiger partial charge >= 0.3 is 0 Å². The van der Waals surface area contributed by atoms with E-state index in [1.54, 1.807) is 13.8 Å².